The van der Waals surface area contributed by atoms with Crippen LogP contribution in [0.4, 0.5) is 20.4 Å². The number of carbonyl (C=O) groups excluding carboxylic acids is 1. The quantitative estimate of drug-likeness (QED) is 0.368. The second-order valence-corrected chi connectivity index (χ2v) is 7.67. The summed E-state index contributed by atoms with van der Waals surface area (Å²) in [7, 11) is 0. The highest BCUT2D eigenvalue weighted by Gasteiger charge is 2.15. The van der Waals surface area contributed by atoms with E-state index < -0.39 is 11.7 Å². The third-order valence-electron chi connectivity index (χ3n) is 5.25. The molecule has 0 bridgehead atoms. The summed E-state index contributed by atoms with van der Waals surface area (Å²) in [6.45, 7) is 0.217. The average molecular weight is 470 g/mol. The molecule has 174 valence electrons. The SMILES string of the molecule is N#Cc1cnc(NCc2ccc(-c3ccc(N)nc3)cc2F)c(C(=O)NCc2ccc(F)cc2)c1. The van der Waals surface area contributed by atoms with Gasteiger partial charge in [0.15, 0.2) is 0 Å². The number of hydrogen-bond donors (Lipinski definition) is 3. The van der Waals surface area contributed by atoms with Crippen molar-refractivity contribution < 1.29 is 13.6 Å². The molecule has 0 fully saturated rings. The van der Waals surface area contributed by atoms with E-state index in [1.807, 2.05) is 6.07 Å². The molecule has 4 N–H and O–H groups in total. The topological polar surface area (TPSA) is 117 Å². The predicted molar refractivity (Wildman–Crippen MR) is 128 cm³/mol. The van der Waals surface area contributed by atoms with Gasteiger partial charge in [-0.1, -0.05) is 24.3 Å². The van der Waals surface area contributed by atoms with Crippen LogP contribution >= 0.6 is 0 Å². The summed E-state index contributed by atoms with van der Waals surface area (Å²) in [6.07, 6.45) is 2.90. The predicted octanol–water partition coefficient (Wildman–Crippen LogP) is 4.42. The van der Waals surface area contributed by atoms with Gasteiger partial charge in [0.1, 0.15) is 29.3 Å². The summed E-state index contributed by atoms with van der Waals surface area (Å²) in [4.78, 5) is 21.0. The lowest BCUT2D eigenvalue weighted by Crippen LogP contribution is -2.24. The van der Waals surface area contributed by atoms with Gasteiger partial charge in [0.2, 0.25) is 0 Å². The third-order valence-corrected chi connectivity index (χ3v) is 5.25. The van der Waals surface area contributed by atoms with Crippen molar-refractivity contribution in [3.05, 3.63) is 107 Å². The van der Waals surface area contributed by atoms with Gasteiger partial charge < -0.3 is 16.4 Å². The molecule has 0 spiro atoms. The van der Waals surface area contributed by atoms with E-state index in [2.05, 4.69) is 20.6 Å². The van der Waals surface area contributed by atoms with Crippen molar-refractivity contribution >= 4 is 17.5 Å². The molecule has 0 aliphatic heterocycles. The summed E-state index contributed by atoms with van der Waals surface area (Å²) in [6, 6.07) is 17.3. The Morgan fingerprint density at radius 3 is 2.40 bits per heavy atom. The normalized spacial score (nSPS) is 10.4. The summed E-state index contributed by atoms with van der Waals surface area (Å²) < 4.78 is 27.9. The maximum Gasteiger partial charge on any atom is 0.255 e. The molecule has 2 aromatic heterocycles. The Balaban J connectivity index is 1.49. The van der Waals surface area contributed by atoms with Crippen LogP contribution in [0.1, 0.15) is 27.0 Å². The number of aromatic nitrogens is 2. The molecule has 0 radical (unpaired) electrons. The van der Waals surface area contributed by atoms with Gasteiger partial charge in [-0.05, 0) is 47.5 Å². The number of nitriles is 1. The molecule has 9 heteroatoms. The standard InChI is InChI=1S/C26H20F2N6O/c27-21-6-1-16(2-7-21)12-34-26(35)22-9-17(11-29)13-32-25(22)33-15-20-4-3-18(10-23(20)28)19-5-8-24(30)31-14-19/h1-10,13-14H,12,15H2,(H2,30,31)(H,32,33)(H,34,35). The van der Waals surface area contributed by atoms with Crippen LogP contribution in [-0.4, -0.2) is 15.9 Å². The van der Waals surface area contributed by atoms with Gasteiger partial charge in [-0.2, -0.15) is 5.26 Å². The summed E-state index contributed by atoms with van der Waals surface area (Å²) in [5.41, 5.74) is 8.38. The first kappa shape index (κ1) is 23.3. The van der Waals surface area contributed by atoms with E-state index in [0.717, 1.165) is 5.56 Å². The summed E-state index contributed by atoms with van der Waals surface area (Å²) >= 11 is 0. The van der Waals surface area contributed by atoms with Gasteiger partial charge in [-0.15, -0.1) is 0 Å². The Morgan fingerprint density at radius 1 is 0.943 bits per heavy atom. The molecule has 35 heavy (non-hydrogen) atoms. The summed E-state index contributed by atoms with van der Waals surface area (Å²) in [5.74, 6) is -0.715. The first-order valence-electron chi connectivity index (χ1n) is 10.6. The molecular weight excluding hydrogens is 450 g/mol. The smallest absolute Gasteiger partial charge is 0.255 e. The van der Waals surface area contributed by atoms with Gasteiger partial charge in [0.05, 0.1) is 11.1 Å². The molecular formula is C26H20F2N6O. The molecule has 0 unspecified atom stereocenters. The highest BCUT2D eigenvalue weighted by molar-refractivity contribution is 5.99. The molecule has 4 rings (SSSR count). The van der Waals surface area contributed by atoms with Crippen LogP contribution in [0, 0.1) is 23.0 Å². The molecule has 0 atom stereocenters. The van der Waals surface area contributed by atoms with E-state index >= 15 is 0 Å². The summed E-state index contributed by atoms with van der Waals surface area (Å²) in [5, 5.41) is 14.9. The number of nitrogens with zero attached hydrogens (tertiary/aromatic N) is 3. The van der Waals surface area contributed by atoms with E-state index in [0.29, 0.717) is 22.5 Å². The molecule has 4 aromatic rings. The number of pyridine rings is 2. The number of anilines is 2. The number of amides is 1. The minimum absolute atomic E-state index is 0.0588. The van der Waals surface area contributed by atoms with Crippen LogP contribution in [0.3, 0.4) is 0 Å². The van der Waals surface area contributed by atoms with Gasteiger partial charge in [-0.3, -0.25) is 4.79 Å². The first-order chi connectivity index (χ1) is 16.9. The zero-order valence-corrected chi connectivity index (χ0v) is 18.4. The Morgan fingerprint density at radius 2 is 1.71 bits per heavy atom. The zero-order valence-electron chi connectivity index (χ0n) is 18.4. The van der Waals surface area contributed by atoms with E-state index in [-0.39, 0.29) is 35.9 Å². The minimum atomic E-state index is -0.479. The lowest BCUT2D eigenvalue weighted by Gasteiger charge is -2.13. The third kappa shape index (κ3) is 5.75. The first-order valence-corrected chi connectivity index (χ1v) is 10.6. The fourth-order valence-corrected chi connectivity index (χ4v) is 3.34. The van der Waals surface area contributed by atoms with Crippen molar-refractivity contribution in [3.8, 4) is 17.2 Å². The monoisotopic (exact) mass is 470 g/mol. The number of nitrogens with two attached hydrogens (primary N) is 1. The van der Waals surface area contributed by atoms with E-state index in [1.54, 1.807) is 42.6 Å². The van der Waals surface area contributed by atoms with E-state index in [1.165, 1.54) is 30.5 Å². The van der Waals surface area contributed by atoms with Crippen molar-refractivity contribution in [3.63, 3.8) is 0 Å². The van der Waals surface area contributed by atoms with Crippen LogP contribution in [0.25, 0.3) is 11.1 Å². The lowest BCUT2D eigenvalue weighted by molar-refractivity contribution is 0.0951. The number of halogens is 2. The largest absolute Gasteiger partial charge is 0.384 e. The van der Waals surface area contributed by atoms with Crippen molar-refractivity contribution in [2.24, 2.45) is 0 Å². The van der Waals surface area contributed by atoms with Crippen LogP contribution < -0.4 is 16.4 Å². The van der Waals surface area contributed by atoms with Gasteiger partial charge in [-0.25, -0.2) is 18.7 Å². The maximum absolute atomic E-state index is 14.8. The molecule has 2 aromatic carbocycles. The highest BCUT2D eigenvalue weighted by Crippen LogP contribution is 2.23. The number of rotatable bonds is 7. The van der Waals surface area contributed by atoms with Crippen LogP contribution in [0.5, 0.6) is 0 Å². The molecule has 0 saturated heterocycles. The Labute approximate surface area is 200 Å². The molecule has 1 amide bonds. The molecule has 0 aliphatic carbocycles. The molecule has 0 saturated carbocycles. The van der Waals surface area contributed by atoms with Crippen LogP contribution in [0.15, 0.2) is 73.1 Å². The molecule has 0 aliphatic rings. The van der Waals surface area contributed by atoms with Gasteiger partial charge >= 0.3 is 0 Å². The van der Waals surface area contributed by atoms with Crippen molar-refractivity contribution in [1.29, 1.82) is 5.26 Å². The number of benzene rings is 2. The number of carbonyl (C=O) groups is 1. The Kier molecular flexibility index (Phi) is 6.93. The fourth-order valence-electron chi connectivity index (χ4n) is 3.34. The van der Waals surface area contributed by atoms with E-state index in [9.17, 15) is 18.8 Å². The fraction of sp³-hybridized carbons (Fsp3) is 0.0769. The lowest BCUT2D eigenvalue weighted by atomic mass is 10.0. The highest BCUT2D eigenvalue weighted by atomic mass is 19.1. The average Bonchev–Trinajstić information content (AvgIpc) is 2.88. The second-order valence-electron chi connectivity index (χ2n) is 7.67. The molecule has 7 nitrogen and oxygen atoms in total. The zero-order chi connectivity index (χ0) is 24.8. The number of hydrogen-bond acceptors (Lipinski definition) is 6. The van der Waals surface area contributed by atoms with E-state index in [4.69, 9.17) is 5.73 Å². The van der Waals surface area contributed by atoms with Crippen LogP contribution in [0.2, 0.25) is 0 Å². The maximum atomic E-state index is 14.8. The van der Waals surface area contributed by atoms with Crippen LogP contribution in [-0.2, 0) is 13.1 Å². The van der Waals surface area contributed by atoms with Crippen molar-refractivity contribution in [1.82, 2.24) is 15.3 Å². The van der Waals surface area contributed by atoms with Crippen molar-refractivity contribution in [2.75, 3.05) is 11.1 Å². The minimum Gasteiger partial charge on any atom is -0.384 e. The number of nitrogen functional groups attached to an aromatic ring is 1. The van der Waals surface area contributed by atoms with Crippen molar-refractivity contribution in [2.45, 2.75) is 13.1 Å². The number of nitrogens with one attached hydrogen (secondary N) is 2. The molecule has 2 heterocycles. The van der Waals surface area contributed by atoms with Gasteiger partial charge in [0.25, 0.3) is 5.91 Å². The Bertz CT molecular complexity index is 1400. The second kappa shape index (κ2) is 10.4. The van der Waals surface area contributed by atoms with Gasteiger partial charge in [0, 0.05) is 36.6 Å². The Hall–Kier alpha value is -4.84.